The van der Waals surface area contributed by atoms with Gasteiger partial charge in [-0.15, -0.1) is 12.4 Å². The standard InChI is InChI=1S/C8H15N.ClH/c9-7-2-1-4-8-5-3-6-8;/h1,4,8H,2-3,5-7,9H2;1H. The largest absolute Gasteiger partial charge is 0.330 e. The molecule has 0 aromatic rings. The molecule has 0 heterocycles. The van der Waals surface area contributed by atoms with Gasteiger partial charge in [-0.3, -0.25) is 0 Å². The highest BCUT2D eigenvalue weighted by atomic mass is 35.5. The van der Waals surface area contributed by atoms with Crippen LogP contribution in [0, 0.1) is 5.92 Å². The zero-order chi connectivity index (χ0) is 6.53. The van der Waals surface area contributed by atoms with Crippen LogP contribution in [0.25, 0.3) is 0 Å². The molecule has 0 saturated heterocycles. The highest BCUT2D eigenvalue weighted by Gasteiger charge is 2.12. The van der Waals surface area contributed by atoms with Crippen LogP contribution in [-0.2, 0) is 0 Å². The Kier molecular flexibility index (Phi) is 5.74. The smallest absolute Gasteiger partial charge is 0.00426 e. The molecule has 0 spiro atoms. The van der Waals surface area contributed by atoms with Gasteiger partial charge in [0, 0.05) is 0 Å². The van der Waals surface area contributed by atoms with Crippen molar-refractivity contribution in [3.63, 3.8) is 0 Å². The van der Waals surface area contributed by atoms with Crippen molar-refractivity contribution >= 4 is 12.4 Å². The Morgan fingerprint density at radius 2 is 2.10 bits per heavy atom. The van der Waals surface area contributed by atoms with E-state index in [2.05, 4.69) is 12.2 Å². The van der Waals surface area contributed by atoms with Crippen LogP contribution in [0.1, 0.15) is 25.7 Å². The van der Waals surface area contributed by atoms with Crippen molar-refractivity contribution in [2.24, 2.45) is 11.7 Å². The van der Waals surface area contributed by atoms with Crippen LogP contribution < -0.4 is 5.73 Å². The maximum absolute atomic E-state index is 5.32. The van der Waals surface area contributed by atoms with Crippen LogP contribution in [0.4, 0.5) is 0 Å². The number of rotatable bonds is 3. The Morgan fingerprint density at radius 3 is 2.50 bits per heavy atom. The Labute approximate surface area is 69.1 Å². The lowest BCUT2D eigenvalue weighted by Gasteiger charge is -2.21. The zero-order valence-electron chi connectivity index (χ0n) is 6.25. The van der Waals surface area contributed by atoms with Crippen molar-refractivity contribution in [3.8, 4) is 0 Å². The number of hydrogen-bond donors (Lipinski definition) is 1. The van der Waals surface area contributed by atoms with Gasteiger partial charge in [0.15, 0.2) is 0 Å². The summed E-state index contributed by atoms with van der Waals surface area (Å²) in [4.78, 5) is 0. The molecule has 60 valence electrons. The van der Waals surface area contributed by atoms with E-state index in [0.29, 0.717) is 0 Å². The molecule has 1 aliphatic carbocycles. The molecule has 10 heavy (non-hydrogen) atoms. The Balaban J connectivity index is 0.000000810. The first-order valence-electron chi connectivity index (χ1n) is 3.80. The fourth-order valence-electron chi connectivity index (χ4n) is 1.02. The molecule has 0 radical (unpaired) electrons. The van der Waals surface area contributed by atoms with E-state index in [4.69, 9.17) is 5.73 Å². The first-order valence-corrected chi connectivity index (χ1v) is 3.80. The molecule has 0 atom stereocenters. The summed E-state index contributed by atoms with van der Waals surface area (Å²) in [5, 5.41) is 0. The lowest BCUT2D eigenvalue weighted by atomic mass is 9.85. The minimum atomic E-state index is 0. The third kappa shape index (κ3) is 3.23. The summed E-state index contributed by atoms with van der Waals surface area (Å²) in [6.45, 7) is 0.795. The second kappa shape index (κ2) is 5.75. The van der Waals surface area contributed by atoms with Gasteiger partial charge >= 0.3 is 0 Å². The monoisotopic (exact) mass is 161 g/mol. The molecule has 0 aromatic heterocycles. The van der Waals surface area contributed by atoms with Crippen molar-refractivity contribution in [2.45, 2.75) is 25.7 Å². The summed E-state index contributed by atoms with van der Waals surface area (Å²) in [6, 6.07) is 0. The quantitative estimate of drug-likeness (QED) is 0.631. The number of hydrogen-bond acceptors (Lipinski definition) is 1. The van der Waals surface area contributed by atoms with E-state index in [9.17, 15) is 0 Å². The molecule has 1 fully saturated rings. The number of halogens is 1. The van der Waals surface area contributed by atoms with Crippen molar-refractivity contribution in [3.05, 3.63) is 12.2 Å². The van der Waals surface area contributed by atoms with Gasteiger partial charge in [-0.1, -0.05) is 18.6 Å². The molecule has 1 aliphatic rings. The van der Waals surface area contributed by atoms with E-state index in [-0.39, 0.29) is 12.4 Å². The van der Waals surface area contributed by atoms with E-state index >= 15 is 0 Å². The molecule has 1 rings (SSSR count). The van der Waals surface area contributed by atoms with Crippen LogP contribution in [0.2, 0.25) is 0 Å². The summed E-state index contributed by atoms with van der Waals surface area (Å²) < 4.78 is 0. The van der Waals surface area contributed by atoms with Crippen molar-refractivity contribution in [1.82, 2.24) is 0 Å². The Bertz CT molecular complexity index is 97.4. The lowest BCUT2D eigenvalue weighted by Crippen LogP contribution is -2.07. The van der Waals surface area contributed by atoms with Gasteiger partial charge in [-0.05, 0) is 31.7 Å². The number of nitrogens with two attached hydrogens (primary N) is 1. The SMILES string of the molecule is Cl.NCCC=CC1CCC1. The van der Waals surface area contributed by atoms with Gasteiger partial charge < -0.3 is 5.73 Å². The maximum atomic E-state index is 5.32. The third-order valence-corrected chi connectivity index (χ3v) is 1.89. The van der Waals surface area contributed by atoms with E-state index in [0.717, 1.165) is 18.9 Å². The Hall–Kier alpha value is -0.0100. The maximum Gasteiger partial charge on any atom is -0.00426 e. The van der Waals surface area contributed by atoms with Crippen LogP contribution in [0.15, 0.2) is 12.2 Å². The van der Waals surface area contributed by atoms with Gasteiger partial charge in [-0.2, -0.15) is 0 Å². The third-order valence-electron chi connectivity index (χ3n) is 1.89. The summed E-state index contributed by atoms with van der Waals surface area (Å²) >= 11 is 0. The fraction of sp³-hybridized carbons (Fsp3) is 0.750. The molecular weight excluding hydrogens is 146 g/mol. The average Bonchev–Trinajstić information content (AvgIpc) is 1.76. The van der Waals surface area contributed by atoms with E-state index < -0.39 is 0 Å². The van der Waals surface area contributed by atoms with Crippen LogP contribution in [0.3, 0.4) is 0 Å². The van der Waals surface area contributed by atoms with Gasteiger partial charge in [-0.25, -0.2) is 0 Å². The first kappa shape index (κ1) is 9.99. The summed E-state index contributed by atoms with van der Waals surface area (Å²) in [5.74, 6) is 0.900. The Morgan fingerprint density at radius 1 is 1.40 bits per heavy atom. The second-order valence-electron chi connectivity index (χ2n) is 2.70. The predicted octanol–water partition coefficient (Wildman–Crippen LogP) is 2.11. The second-order valence-corrected chi connectivity index (χ2v) is 2.70. The number of allylic oxidation sites excluding steroid dienone is 1. The summed E-state index contributed by atoms with van der Waals surface area (Å²) in [7, 11) is 0. The highest BCUT2D eigenvalue weighted by molar-refractivity contribution is 5.85. The molecule has 2 N–H and O–H groups in total. The normalized spacial score (nSPS) is 18.5. The van der Waals surface area contributed by atoms with Gasteiger partial charge in [0.05, 0.1) is 0 Å². The molecule has 0 unspecified atom stereocenters. The van der Waals surface area contributed by atoms with E-state index in [1.165, 1.54) is 19.3 Å². The molecule has 0 aromatic carbocycles. The molecular formula is C8H16ClN. The summed E-state index contributed by atoms with van der Waals surface area (Å²) in [6.07, 6.45) is 9.82. The first-order chi connectivity index (χ1) is 4.43. The predicted molar refractivity (Wildman–Crippen MR) is 47.4 cm³/mol. The minimum Gasteiger partial charge on any atom is -0.330 e. The van der Waals surface area contributed by atoms with E-state index in [1.54, 1.807) is 0 Å². The average molecular weight is 162 g/mol. The molecule has 0 aliphatic heterocycles. The molecule has 1 nitrogen and oxygen atoms in total. The minimum absolute atomic E-state index is 0. The zero-order valence-corrected chi connectivity index (χ0v) is 7.07. The van der Waals surface area contributed by atoms with Crippen LogP contribution in [-0.4, -0.2) is 6.54 Å². The van der Waals surface area contributed by atoms with Crippen molar-refractivity contribution in [1.29, 1.82) is 0 Å². The van der Waals surface area contributed by atoms with Crippen LogP contribution >= 0.6 is 12.4 Å². The molecule has 1 saturated carbocycles. The van der Waals surface area contributed by atoms with Crippen LogP contribution in [0.5, 0.6) is 0 Å². The van der Waals surface area contributed by atoms with Crippen molar-refractivity contribution in [2.75, 3.05) is 6.54 Å². The van der Waals surface area contributed by atoms with Gasteiger partial charge in [0.25, 0.3) is 0 Å². The lowest BCUT2D eigenvalue weighted by molar-refractivity contribution is 0.387. The topological polar surface area (TPSA) is 26.0 Å². The van der Waals surface area contributed by atoms with Crippen molar-refractivity contribution < 1.29 is 0 Å². The van der Waals surface area contributed by atoms with Gasteiger partial charge in [0.1, 0.15) is 0 Å². The summed E-state index contributed by atoms with van der Waals surface area (Å²) in [5.41, 5.74) is 5.32. The molecule has 0 bridgehead atoms. The molecule has 0 amide bonds. The van der Waals surface area contributed by atoms with E-state index in [1.807, 2.05) is 0 Å². The highest BCUT2D eigenvalue weighted by Crippen LogP contribution is 2.27. The van der Waals surface area contributed by atoms with Gasteiger partial charge in [0.2, 0.25) is 0 Å². The fourth-order valence-corrected chi connectivity index (χ4v) is 1.02. The molecule has 2 heteroatoms.